The fourth-order valence-corrected chi connectivity index (χ4v) is 2.49. The van der Waals surface area contributed by atoms with E-state index in [2.05, 4.69) is 15.9 Å². The molecule has 0 N–H and O–H groups in total. The number of halogens is 2. The summed E-state index contributed by atoms with van der Waals surface area (Å²) in [5.74, 6) is -0.521. The monoisotopic (exact) mass is 316 g/mol. The van der Waals surface area contributed by atoms with Crippen molar-refractivity contribution in [2.45, 2.75) is 36.7 Å². The van der Waals surface area contributed by atoms with Crippen LogP contribution in [0.4, 0.5) is 4.39 Å². The van der Waals surface area contributed by atoms with Crippen molar-refractivity contribution in [3.05, 3.63) is 35.9 Å². The number of hydrogen-bond donors (Lipinski definition) is 0. The summed E-state index contributed by atoms with van der Waals surface area (Å²) in [7, 11) is 0. The summed E-state index contributed by atoms with van der Waals surface area (Å²) in [5.41, 5.74) is 0.414. The number of ether oxygens (including phenoxy) is 2. The first-order valence-electron chi connectivity index (χ1n) is 5.83. The summed E-state index contributed by atoms with van der Waals surface area (Å²) in [6.07, 6.45) is -2.01. The number of benzene rings is 1. The van der Waals surface area contributed by atoms with Crippen molar-refractivity contribution in [1.82, 2.24) is 0 Å². The van der Waals surface area contributed by atoms with Gasteiger partial charge in [-0.05, 0) is 18.6 Å². The zero-order valence-electron chi connectivity index (χ0n) is 9.88. The molecule has 1 aliphatic rings. The van der Waals surface area contributed by atoms with Crippen LogP contribution in [-0.4, -0.2) is 29.4 Å². The second kappa shape index (κ2) is 5.80. The normalized spacial score (nSPS) is 31.3. The van der Waals surface area contributed by atoms with E-state index in [0.717, 1.165) is 0 Å². The maximum Gasteiger partial charge on any atom is 0.338 e. The lowest BCUT2D eigenvalue weighted by Crippen LogP contribution is -2.33. The van der Waals surface area contributed by atoms with Gasteiger partial charge in [0.15, 0.2) is 12.3 Å². The van der Waals surface area contributed by atoms with Crippen molar-refractivity contribution in [2.24, 2.45) is 0 Å². The van der Waals surface area contributed by atoms with E-state index in [1.54, 1.807) is 30.3 Å². The minimum Gasteiger partial charge on any atom is -0.453 e. The molecule has 1 unspecified atom stereocenters. The third-order valence-corrected chi connectivity index (χ3v) is 3.61. The second-order valence-electron chi connectivity index (χ2n) is 4.11. The van der Waals surface area contributed by atoms with Crippen LogP contribution in [-0.2, 0) is 9.47 Å². The summed E-state index contributed by atoms with van der Waals surface area (Å²) in [5, 5.41) is -0.712. The lowest BCUT2D eigenvalue weighted by molar-refractivity contribution is -0.00905. The van der Waals surface area contributed by atoms with E-state index in [1.807, 2.05) is 6.92 Å². The molecule has 0 radical (unpaired) electrons. The van der Waals surface area contributed by atoms with Gasteiger partial charge in [-0.25, -0.2) is 9.18 Å². The van der Waals surface area contributed by atoms with Gasteiger partial charge in [0.1, 0.15) is 5.01 Å². The van der Waals surface area contributed by atoms with E-state index in [4.69, 9.17) is 9.47 Å². The van der Waals surface area contributed by atoms with Crippen molar-refractivity contribution >= 4 is 21.9 Å². The molecule has 1 aromatic carbocycles. The average Bonchev–Trinajstić information content (AvgIpc) is 2.67. The SMILES string of the molecule is CC[C@H]1O[C@@H](Br)C(F)[C@@H]1OC(=O)c1ccccc1. The number of alkyl halides is 2. The molecular weight excluding hydrogens is 303 g/mol. The van der Waals surface area contributed by atoms with Crippen LogP contribution in [0.25, 0.3) is 0 Å². The minimum atomic E-state index is -1.34. The smallest absolute Gasteiger partial charge is 0.338 e. The highest BCUT2D eigenvalue weighted by Gasteiger charge is 2.45. The quantitative estimate of drug-likeness (QED) is 0.635. The van der Waals surface area contributed by atoms with Crippen molar-refractivity contribution in [1.29, 1.82) is 0 Å². The molecule has 0 saturated carbocycles. The Balaban J connectivity index is 2.06. The van der Waals surface area contributed by atoms with Crippen LogP contribution in [0.3, 0.4) is 0 Å². The lowest BCUT2D eigenvalue weighted by atomic mass is 10.1. The summed E-state index contributed by atoms with van der Waals surface area (Å²) >= 11 is 3.08. The van der Waals surface area contributed by atoms with Gasteiger partial charge in [0.05, 0.1) is 11.7 Å². The highest BCUT2D eigenvalue weighted by Crippen LogP contribution is 2.32. The van der Waals surface area contributed by atoms with Crippen molar-refractivity contribution in [3.8, 4) is 0 Å². The van der Waals surface area contributed by atoms with E-state index in [1.165, 1.54) is 0 Å². The molecule has 1 aromatic rings. The van der Waals surface area contributed by atoms with E-state index < -0.39 is 29.4 Å². The first-order valence-corrected chi connectivity index (χ1v) is 6.74. The summed E-state index contributed by atoms with van der Waals surface area (Å²) in [6, 6.07) is 8.55. The first-order chi connectivity index (χ1) is 8.63. The second-order valence-corrected chi connectivity index (χ2v) is 5.02. The van der Waals surface area contributed by atoms with Gasteiger partial charge in [-0.2, -0.15) is 0 Å². The third-order valence-electron chi connectivity index (χ3n) is 2.89. The zero-order chi connectivity index (χ0) is 13.1. The van der Waals surface area contributed by atoms with Gasteiger partial charge in [0.2, 0.25) is 0 Å². The minimum absolute atomic E-state index is 0.406. The van der Waals surface area contributed by atoms with Crippen LogP contribution >= 0.6 is 15.9 Å². The van der Waals surface area contributed by atoms with E-state index in [-0.39, 0.29) is 0 Å². The summed E-state index contributed by atoms with van der Waals surface area (Å²) in [4.78, 5) is 11.9. The number of rotatable bonds is 3. The lowest BCUT2D eigenvalue weighted by Gasteiger charge is -2.18. The van der Waals surface area contributed by atoms with Crippen molar-refractivity contribution in [3.63, 3.8) is 0 Å². The molecule has 1 aliphatic heterocycles. The largest absolute Gasteiger partial charge is 0.453 e. The van der Waals surface area contributed by atoms with Gasteiger partial charge in [0.25, 0.3) is 0 Å². The molecule has 2 rings (SSSR count). The molecule has 0 aliphatic carbocycles. The molecule has 0 bridgehead atoms. The molecule has 1 heterocycles. The van der Waals surface area contributed by atoms with Gasteiger partial charge in [-0.3, -0.25) is 0 Å². The van der Waals surface area contributed by atoms with Gasteiger partial charge in [-0.1, -0.05) is 41.1 Å². The standard InChI is InChI=1S/C13H14BrFO3/c1-2-9-11(10(15)12(14)17-9)18-13(16)8-6-4-3-5-7-8/h3-7,9-12H,2H2,1H3/t9-,10?,11-,12-/m1/s1. The van der Waals surface area contributed by atoms with E-state index in [0.29, 0.717) is 12.0 Å². The molecule has 4 atom stereocenters. The predicted molar refractivity (Wildman–Crippen MR) is 68.4 cm³/mol. The molecule has 0 amide bonds. The van der Waals surface area contributed by atoms with Crippen LogP contribution in [0.5, 0.6) is 0 Å². The zero-order valence-corrected chi connectivity index (χ0v) is 11.5. The predicted octanol–water partition coefficient (Wildman–Crippen LogP) is 3.08. The Kier molecular flexibility index (Phi) is 4.35. The van der Waals surface area contributed by atoms with E-state index in [9.17, 15) is 9.18 Å². The fourth-order valence-electron chi connectivity index (χ4n) is 1.91. The average molecular weight is 317 g/mol. The van der Waals surface area contributed by atoms with E-state index >= 15 is 0 Å². The number of carbonyl (C=O) groups excluding carboxylic acids is 1. The molecule has 1 fully saturated rings. The van der Waals surface area contributed by atoms with Crippen LogP contribution in [0.2, 0.25) is 0 Å². The van der Waals surface area contributed by atoms with Gasteiger partial charge in [0, 0.05) is 0 Å². The molecule has 5 heteroatoms. The van der Waals surface area contributed by atoms with Crippen molar-refractivity contribution < 1.29 is 18.7 Å². The Labute approximate surface area is 113 Å². The van der Waals surface area contributed by atoms with Crippen LogP contribution in [0, 0.1) is 0 Å². The Hall–Kier alpha value is -0.940. The summed E-state index contributed by atoms with van der Waals surface area (Å²) < 4.78 is 24.4. The van der Waals surface area contributed by atoms with Gasteiger partial charge >= 0.3 is 5.97 Å². The molecule has 1 saturated heterocycles. The first kappa shape index (κ1) is 13.5. The molecule has 3 nitrogen and oxygen atoms in total. The Morgan fingerprint density at radius 2 is 2.11 bits per heavy atom. The highest BCUT2D eigenvalue weighted by molar-refractivity contribution is 9.09. The molecule has 98 valence electrons. The van der Waals surface area contributed by atoms with Gasteiger partial charge in [-0.15, -0.1) is 0 Å². The number of carbonyl (C=O) groups is 1. The topological polar surface area (TPSA) is 35.5 Å². The van der Waals surface area contributed by atoms with Crippen LogP contribution in [0.1, 0.15) is 23.7 Å². The highest BCUT2D eigenvalue weighted by atomic mass is 79.9. The van der Waals surface area contributed by atoms with Crippen molar-refractivity contribution in [2.75, 3.05) is 0 Å². The molecule has 18 heavy (non-hydrogen) atoms. The molecular formula is C13H14BrFO3. The number of hydrogen-bond acceptors (Lipinski definition) is 3. The van der Waals surface area contributed by atoms with Gasteiger partial charge < -0.3 is 9.47 Å². The third kappa shape index (κ3) is 2.72. The van der Waals surface area contributed by atoms with Crippen LogP contribution < -0.4 is 0 Å². The maximum absolute atomic E-state index is 13.8. The Morgan fingerprint density at radius 3 is 2.72 bits per heavy atom. The molecule has 0 aromatic heterocycles. The number of esters is 1. The molecule has 0 spiro atoms. The fraction of sp³-hybridized carbons (Fsp3) is 0.462. The Morgan fingerprint density at radius 1 is 1.44 bits per heavy atom. The summed E-state index contributed by atoms with van der Waals surface area (Å²) in [6.45, 7) is 1.87. The van der Waals surface area contributed by atoms with Crippen LogP contribution in [0.15, 0.2) is 30.3 Å². The maximum atomic E-state index is 13.8. The Bertz CT molecular complexity index is 412.